The highest BCUT2D eigenvalue weighted by Gasteiger charge is 2.27. The van der Waals surface area contributed by atoms with E-state index in [2.05, 4.69) is 4.90 Å². The Labute approximate surface area is 74.0 Å². The van der Waals surface area contributed by atoms with Crippen molar-refractivity contribution in [3.05, 3.63) is 0 Å². The van der Waals surface area contributed by atoms with Crippen molar-refractivity contribution in [2.24, 2.45) is 5.92 Å². The highest BCUT2D eigenvalue weighted by Crippen LogP contribution is 2.24. The van der Waals surface area contributed by atoms with E-state index in [0.29, 0.717) is 12.3 Å². The van der Waals surface area contributed by atoms with Crippen molar-refractivity contribution in [1.82, 2.24) is 4.90 Å². The van der Waals surface area contributed by atoms with Gasteiger partial charge in [-0.25, -0.2) is 0 Å². The van der Waals surface area contributed by atoms with Crippen molar-refractivity contribution in [2.45, 2.75) is 31.5 Å². The minimum Gasteiger partial charge on any atom is -0.393 e. The molecule has 3 heteroatoms. The van der Waals surface area contributed by atoms with Crippen molar-refractivity contribution in [3.63, 3.8) is 0 Å². The zero-order chi connectivity index (χ0) is 9.14. The topological polar surface area (TPSA) is 43.7 Å². The summed E-state index contributed by atoms with van der Waals surface area (Å²) in [6.45, 7) is 0.924. The third-order valence-electron chi connectivity index (χ3n) is 2.53. The summed E-state index contributed by atoms with van der Waals surface area (Å²) in [6, 6.07) is 0. The van der Waals surface area contributed by atoms with Crippen LogP contribution in [-0.2, 0) is 0 Å². The molecular formula is C9H19NO2. The zero-order valence-electron chi connectivity index (χ0n) is 7.90. The average molecular weight is 173 g/mol. The van der Waals surface area contributed by atoms with Gasteiger partial charge in [0.05, 0.1) is 12.2 Å². The highest BCUT2D eigenvalue weighted by molar-refractivity contribution is 4.80. The van der Waals surface area contributed by atoms with Crippen LogP contribution in [0, 0.1) is 5.92 Å². The molecule has 12 heavy (non-hydrogen) atoms. The molecule has 0 aromatic rings. The molecule has 1 aliphatic carbocycles. The molecule has 2 N–H and O–H groups in total. The van der Waals surface area contributed by atoms with E-state index < -0.39 is 0 Å². The minimum absolute atomic E-state index is 0.279. The van der Waals surface area contributed by atoms with Crippen molar-refractivity contribution in [2.75, 3.05) is 20.6 Å². The Bertz CT molecular complexity index is 138. The van der Waals surface area contributed by atoms with Gasteiger partial charge in [-0.05, 0) is 39.3 Å². The summed E-state index contributed by atoms with van der Waals surface area (Å²) in [4.78, 5) is 2.09. The first-order chi connectivity index (χ1) is 5.59. The Kier molecular flexibility index (Phi) is 3.50. The van der Waals surface area contributed by atoms with E-state index in [9.17, 15) is 10.2 Å². The Morgan fingerprint density at radius 1 is 1.25 bits per heavy atom. The van der Waals surface area contributed by atoms with Crippen LogP contribution in [0.1, 0.15) is 19.3 Å². The number of hydrogen-bond acceptors (Lipinski definition) is 3. The summed E-state index contributed by atoms with van der Waals surface area (Å²) in [7, 11) is 4.02. The fourth-order valence-electron chi connectivity index (χ4n) is 1.87. The lowest BCUT2D eigenvalue weighted by Gasteiger charge is -2.32. The van der Waals surface area contributed by atoms with E-state index in [1.165, 1.54) is 0 Å². The Balaban J connectivity index is 2.34. The van der Waals surface area contributed by atoms with Crippen LogP contribution >= 0.6 is 0 Å². The van der Waals surface area contributed by atoms with Gasteiger partial charge >= 0.3 is 0 Å². The summed E-state index contributed by atoms with van der Waals surface area (Å²) in [5, 5.41) is 18.9. The van der Waals surface area contributed by atoms with E-state index in [1.807, 2.05) is 14.1 Å². The van der Waals surface area contributed by atoms with E-state index in [-0.39, 0.29) is 12.2 Å². The molecule has 1 saturated carbocycles. The second kappa shape index (κ2) is 4.21. The maximum absolute atomic E-state index is 9.60. The lowest BCUT2D eigenvalue weighted by atomic mass is 9.84. The predicted octanol–water partition coefficient (Wildman–Crippen LogP) is 0.0699. The summed E-state index contributed by atoms with van der Waals surface area (Å²) in [6.07, 6.45) is 1.75. The Morgan fingerprint density at radius 2 is 1.92 bits per heavy atom. The van der Waals surface area contributed by atoms with E-state index in [0.717, 1.165) is 19.4 Å². The van der Waals surface area contributed by atoms with Gasteiger partial charge in [0, 0.05) is 6.54 Å². The number of hydrogen-bond donors (Lipinski definition) is 2. The molecule has 3 atom stereocenters. The second-order valence-corrected chi connectivity index (χ2v) is 4.06. The van der Waals surface area contributed by atoms with Crippen LogP contribution in [0.5, 0.6) is 0 Å². The van der Waals surface area contributed by atoms with Crippen LogP contribution in [0.25, 0.3) is 0 Å². The quantitative estimate of drug-likeness (QED) is 0.621. The molecule has 0 saturated heterocycles. The van der Waals surface area contributed by atoms with Crippen LogP contribution < -0.4 is 0 Å². The molecule has 0 aromatic carbocycles. The van der Waals surface area contributed by atoms with Crippen LogP contribution in [0.3, 0.4) is 0 Å². The molecule has 0 radical (unpaired) electrons. The third-order valence-corrected chi connectivity index (χ3v) is 2.53. The molecule has 0 bridgehead atoms. The summed E-state index contributed by atoms with van der Waals surface area (Å²) < 4.78 is 0. The largest absolute Gasteiger partial charge is 0.393 e. The fourth-order valence-corrected chi connectivity index (χ4v) is 1.87. The smallest absolute Gasteiger partial charge is 0.0605 e. The predicted molar refractivity (Wildman–Crippen MR) is 47.9 cm³/mol. The van der Waals surface area contributed by atoms with Gasteiger partial charge in [0.1, 0.15) is 0 Å². The fraction of sp³-hybridized carbons (Fsp3) is 1.00. The molecular weight excluding hydrogens is 154 g/mol. The summed E-state index contributed by atoms with van der Waals surface area (Å²) in [5.41, 5.74) is 0. The first-order valence-corrected chi connectivity index (χ1v) is 4.60. The molecule has 0 aliphatic heterocycles. The van der Waals surface area contributed by atoms with Crippen molar-refractivity contribution >= 4 is 0 Å². The van der Waals surface area contributed by atoms with Gasteiger partial charge in [0.2, 0.25) is 0 Å². The zero-order valence-corrected chi connectivity index (χ0v) is 7.90. The van der Waals surface area contributed by atoms with Crippen molar-refractivity contribution in [1.29, 1.82) is 0 Å². The first-order valence-electron chi connectivity index (χ1n) is 4.60. The van der Waals surface area contributed by atoms with Crippen LogP contribution in [-0.4, -0.2) is 48.0 Å². The lowest BCUT2D eigenvalue weighted by molar-refractivity contribution is -0.00631. The maximum Gasteiger partial charge on any atom is 0.0605 e. The van der Waals surface area contributed by atoms with Gasteiger partial charge in [-0.1, -0.05) is 0 Å². The van der Waals surface area contributed by atoms with Crippen molar-refractivity contribution < 1.29 is 10.2 Å². The minimum atomic E-state index is -0.309. The van der Waals surface area contributed by atoms with Gasteiger partial charge in [-0.3, -0.25) is 0 Å². The third kappa shape index (κ3) is 2.73. The SMILES string of the molecule is CN(C)C[C@@H]1CC[C@H](O)C[C@@H]1O. The van der Waals surface area contributed by atoms with Crippen LogP contribution in [0.4, 0.5) is 0 Å². The maximum atomic E-state index is 9.60. The monoisotopic (exact) mass is 173 g/mol. The molecule has 72 valence electrons. The first kappa shape index (κ1) is 9.96. The molecule has 0 heterocycles. The molecule has 1 fully saturated rings. The molecule has 0 unspecified atom stereocenters. The van der Waals surface area contributed by atoms with Crippen LogP contribution in [0.15, 0.2) is 0 Å². The van der Waals surface area contributed by atoms with Gasteiger partial charge in [-0.2, -0.15) is 0 Å². The Hall–Kier alpha value is -0.120. The second-order valence-electron chi connectivity index (χ2n) is 4.06. The van der Waals surface area contributed by atoms with E-state index in [1.54, 1.807) is 0 Å². The van der Waals surface area contributed by atoms with Gasteiger partial charge < -0.3 is 15.1 Å². The molecule has 0 aromatic heterocycles. The standard InChI is InChI=1S/C9H19NO2/c1-10(2)6-7-3-4-8(11)5-9(7)12/h7-9,11-12H,3-6H2,1-2H3/t7-,8-,9-/m0/s1. The number of aliphatic hydroxyl groups is 2. The van der Waals surface area contributed by atoms with E-state index >= 15 is 0 Å². The lowest BCUT2D eigenvalue weighted by Crippen LogP contribution is -2.37. The van der Waals surface area contributed by atoms with Crippen molar-refractivity contribution in [3.8, 4) is 0 Å². The van der Waals surface area contributed by atoms with E-state index in [4.69, 9.17) is 0 Å². The Morgan fingerprint density at radius 3 is 2.42 bits per heavy atom. The summed E-state index contributed by atoms with van der Waals surface area (Å²) >= 11 is 0. The molecule has 0 amide bonds. The molecule has 1 aliphatic rings. The summed E-state index contributed by atoms with van der Waals surface area (Å²) in [5.74, 6) is 0.350. The number of nitrogens with zero attached hydrogens (tertiary/aromatic N) is 1. The average Bonchev–Trinajstić information content (AvgIpc) is 1.94. The normalized spacial score (nSPS) is 37.2. The number of aliphatic hydroxyl groups excluding tert-OH is 2. The van der Waals surface area contributed by atoms with Gasteiger partial charge in [0.15, 0.2) is 0 Å². The number of rotatable bonds is 2. The van der Waals surface area contributed by atoms with Gasteiger partial charge in [-0.15, -0.1) is 0 Å². The van der Waals surface area contributed by atoms with Crippen LogP contribution in [0.2, 0.25) is 0 Å². The molecule has 3 nitrogen and oxygen atoms in total. The molecule has 0 spiro atoms. The molecule has 1 rings (SSSR count). The highest BCUT2D eigenvalue weighted by atomic mass is 16.3. The van der Waals surface area contributed by atoms with Gasteiger partial charge in [0.25, 0.3) is 0 Å².